The molecule has 1 rings (SSSR count). The molecular weight excluding hydrogens is 202 g/mol. The van der Waals surface area contributed by atoms with Crippen molar-refractivity contribution in [2.75, 3.05) is 11.9 Å². The minimum absolute atomic E-state index is 0.423. The molecule has 3 nitrogen and oxygen atoms in total. The molecular formula is C10H12ClNO2. The number of benzene rings is 1. The normalized spacial score (nSPS) is 9.57. The van der Waals surface area contributed by atoms with Gasteiger partial charge in [0, 0.05) is 10.7 Å². The van der Waals surface area contributed by atoms with Gasteiger partial charge in [0.05, 0.1) is 6.61 Å². The highest BCUT2D eigenvalue weighted by Crippen LogP contribution is 2.14. The maximum atomic E-state index is 11.1. The number of halogens is 1. The van der Waals surface area contributed by atoms with E-state index in [-0.39, 0.29) is 0 Å². The van der Waals surface area contributed by atoms with Crippen LogP contribution in [0.2, 0.25) is 5.02 Å². The molecule has 0 fully saturated rings. The number of hydrogen-bond donors (Lipinski definition) is 1. The van der Waals surface area contributed by atoms with Crippen LogP contribution in [0.1, 0.15) is 13.3 Å². The molecule has 0 aliphatic carbocycles. The molecule has 0 saturated heterocycles. The van der Waals surface area contributed by atoms with Gasteiger partial charge in [0.25, 0.3) is 0 Å². The highest BCUT2D eigenvalue weighted by molar-refractivity contribution is 6.30. The number of anilines is 1. The molecule has 1 aromatic rings. The lowest BCUT2D eigenvalue weighted by atomic mass is 10.3. The fraction of sp³-hybridized carbons (Fsp3) is 0.300. The smallest absolute Gasteiger partial charge is 0.411 e. The number of rotatable bonds is 3. The second-order valence-corrected chi connectivity index (χ2v) is 3.21. The van der Waals surface area contributed by atoms with Crippen molar-refractivity contribution in [2.45, 2.75) is 13.3 Å². The predicted octanol–water partition coefficient (Wildman–Crippen LogP) is 3.30. The highest BCUT2D eigenvalue weighted by atomic mass is 35.5. The summed E-state index contributed by atoms with van der Waals surface area (Å²) in [6.07, 6.45) is 0.359. The molecule has 0 bridgehead atoms. The van der Waals surface area contributed by atoms with Crippen molar-refractivity contribution < 1.29 is 9.53 Å². The average molecular weight is 214 g/mol. The van der Waals surface area contributed by atoms with E-state index in [9.17, 15) is 4.79 Å². The molecule has 0 saturated carbocycles. The Morgan fingerprint density at radius 3 is 3.00 bits per heavy atom. The van der Waals surface area contributed by atoms with Crippen LogP contribution in [0.25, 0.3) is 0 Å². The van der Waals surface area contributed by atoms with E-state index in [0.29, 0.717) is 17.3 Å². The summed E-state index contributed by atoms with van der Waals surface area (Å²) < 4.78 is 4.84. The van der Waals surface area contributed by atoms with E-state index in [1.165, 1.54) is 0 Å². The Hall–Kier alpha value is -1.22. The number of carbonyl (C=O) groups excluding carboxylic acids is 1. The van der Waals surface area contributed by atoms with Crippen LogP contribution in [0.5, 0.6) is 0 Å². The Morgan fingerprint density at radius 2 is 2.36 bits per heavy atom. The van der Waals surface area contributed by atoms with Gasteiger partial charge in [-0.3, -0.25) is 5.32 Å². The highest BCUT2D eigenvalue weighted by Gasteiger charge is 2.01. The van der Waals surface area contributed by atoms with Gasteiger partial charge in [-0.1, -0.05) is 24.6 Å². The van der Waals surface area contributed by atoms with Crippen molar-refractivity contribution in [1.82, 2.24) is 0 Å². The van der Waals surface area contributed by atoms with Crippen LogP contribution in [0.3, 0.4) is 0 Å². The van der Waals surface area contributed by atoms with Crippen molar-refractivity contribution in [3.63, 3.8) is 0 Å². The fourth-order valence-corrected chi connectivity index (χ4v) is 1.11. The summed E-state index contributed by atoms with van der Waals surface area (Å²) in [5.41, 5.74) is 0.638. The summed E-state index contributed by atoms with van der Waals surface area (Å²) in [6, 6.07) is 6.91. The van der Waals surface area contributed by atoms with Crippen LogP contribution >= 0.6 is 11.6 Å². The van der Waals surface area contributed by atoms with Crippen LogP contribution in [0, 0.1) is 0 Å². The van der Waals surface area contributed by atoms with Gasteiger partial charge in [0.15, 0.2) is 0 Å². The van der Waals surface area contributed by atoms with Gasteiger partial charge in [-0.2, -0.15) is 0 Å². The largest absolute Gasteiger partial charge is 0.449 e. The van der Waals surface area contributed by atoms with Crippen LogP contribution in [0.4, 0.5) is 10.5 Å². The van der Waals surface area contributed by atoms with Gasteiger partial charge < -0.3 is 4.74 Å². The van der Waals surface area contributed by atoms with Crippen LogP contribution < -0.4 is 5.32 Å². The molecule has 0 aliphatic rings. The van der Waals surface area contributed by atoms with Gasteiger partial charge in [0.2, 0.25) is 0 Å². The van der Waals surface area contributed by atoms with Gasteiger partial charge >= 0.3 is 6.09 Å². The average Bonchev–Trinajstić information content (AvgIpc) is 2.15. The molecule has 0 aromatic heterocycles. The quantitative estimate of drug-likeness (QED) is 0.837. The number of nitrogens with one attached hydrogen (secondary N) is 1. The molecule has 1 amide bonds. The topological polar surface area (TPSA) is 38.3 Å². The lowest BCUT2D eigenvalue weighted by molar-refractivity contribution is 0.161. The molecule has 4 heteroatoms. The fourth-order valence-electron chi connectivity index (χ4n) is 0.915. The SMILES string of the molecule is CCCOC(=O)Nc1cccc(Cl)c1. The molecule has 0 radical (unpaired) electrons. The van der Waals surface area contributed by atoms with Crippen LogP contribution in [-0.4, -0.2) is 12.7 Å². The maximum absolute atomic E-state index is 11.1. The molecule has 0 unspecified atom stereocenters. The first-order valence-electron chi connectivity index (χ1n) is 4.41. The summed E-state index contributed by atoms with van der Waals surface area (Å²) in [7, 11) is 0. The summed E-state index contributed by atoms with van der Waals surface area (Å²) >= 11 is 5.74. The molecule has 76 valence electrons. The first-order chi connectivity index (χ1) is 6.72. The predicted molar refractivity (Wildman–Crippen MR) is 56.7 cm³/mol. The van der Waals surface area contributed by atoms with E-state index in [2.05, 4.69) is 5.32 Å². The van der Waals surface area contributed by atoms with E-state index in [1.54, 1.807) is 24.3 Å². The molecule has 1 N–H and O–H groups in total. The van der Waals surface area contributed by atoms with Gasteiger partial charge in [-0.25, -0.2) is 4.79 Å². The summed E-state index contributed by atoms with van der Waals surface area (Å²) in [6.45, 7) is 2.36. The van der Waals surface area contributed by atoms with Crippen molar-refractivity contribution in [2.24, 2.45) is 0 Å². The third-order valence-corrected chi connectivity index (χ3v) is 1.74. The second-order valence-electron chi connectivity index (χ2n) is 2.77. The number of amides is 1. The Bertz CT molecular complexity index is 315. The van der Waals surface area contributed by atoms with Gasteiger partial charge in [0.1, 0.15) is 0 Å². The summed E-state index contributed by atoms with van der Waals surface area (Å²) in [5.74, 6) is 0. The first-order valence-corrected chi connectivity index (χ1v) is 4.79. The van der Waals surface area contributed by atoms with Crippen molar-refractivity contribution in [1.29, 1.82) is 0 Å². The van der Waals surface area contributed by atoms with Crippen molar-refractivity contribution >= 4 is 23.4 Å². The standard InChI is InChI=1S/C10H12ClNO2/c1-2-6-14-10(13)12-9-5-3-4-8(11)7-9/h3-5,7H,2,6H2,1H3,(H,12,13). The van der Waals surface area contributed by atoms with Crippen molar-refractivity contribution in [3.05, 3.63) is 29.3 Å². The Morgan fingerprint density at radius 1 is 1.57 bits per heavy atom. The lowest BCUT2D eigenvalue weighted by Gasteiger charge is -2.05. The third-order valence-electron chi connectivity index (χ3n) is 1.51. The molecule has 0 atom stereocenters. The van der Waals surface area contributed by atoms with E-state index < -0.39 is 6.09 Å². The lowest BCUT2D eigenvalue weighted by Crippen LogP contribution is -2.13. The van der Waals surface area contributed by atoms with E-state index in [0.717, 1.165) is 6.42 Å². The molecule has 0 aliphatic heterocycles. The minimum Gasteiger partial charge on any atom is -0.449 e. The Balaban J connectivity index is 2.47. The van der Waals surface area contributed by atoms with Crippen molar-refractivity contribution in [3.8, 4) is 0 Å². The molecule has 0 spiro atoms. The number of hydrogen-bond acceptors (Lipinski definition) is 2. The second kappa shape index (κ2) is 5.50. The Kier molecular flexibility index (Phi) is 4.26. The number of carbonyl (C=O) groups is 1. The molecule has 14 heavy (non-hydrogen) atoms. The van der Waals surface area contributed by atoms with Gasteiger partial charge in [-0.15, -0.1) is 0 Å². The Labute approximate surface area is 88.0 Å². The number of ether oxygens (including phenoxy) is 1. The van der Waals surface area contributed by atoms with Gasteiger partial charge in [-0.05, 0) is 24.6 Å². The van der Waals surface area contributed by atoms with E-state index in [1.807, 2.05) is 6.92 Å². The monoisotopic (exact) mass is 213 g/mol. The minimum atomic E-state index is -0.450. The summed E-state index contributed by atoms with van der Waals surface area (Å²) in [4.78, 5) is 11.1. The molecule has 0 heterocycles. The van der Waals surface area contributed by atoms with E-state index >= 15 is 0 Å². The van der Waals surface area contributed by atoms with Crippen LogP contribution in [-0.2, 0) is 4.74 Å². The van der Waals surface area contributed by atoms with Crippen LogP contribution in [0.15, 0.2) is 24.3 Å². The maximum Gasteiger partial charge on any atom is 0.411 e. The third kappa shape index (κ3) is 3.66. The summed E-state index contributed by atoms with van der Waals surface area (Å²) in [5, 5.41) is 3.15. The zero-order valence-electron chi connectivity index (χ0n) is 7.92. The zero-order chi connectivity index (χ0) is 10.4. The molecule has 1 aromatic carbocycles. The first kappa shape index (κ1) is 10.9. The zero-order valence-corrected chi connectivity index (χ0v) is 8.67. The van der Waals surface area contributed by atoms with E-state index in [4.69, 9.17) is 16.3 Å².